The summed E-state index contributed by atoms with van der Waals surface area (Å²) in [6.45, 7) is 7.88. The van der Waals surface area contributed by atoms with E-state index in [1.165, 1.54) is 17.8 Å². The summed E-state index contributed by atoms with van der Waals surface area (Å²) in [5.41, 5.74) is 3.02. The Morgan fingerprint density at radius 1 is 1.44 bits per heavy atom. The number of fused-ring (bicyclic) bond motifs is 2. The van der Waals surface area contributed by atoms with Crippen molar-refractivity contribution >= 4 is 17.2 Å². The van der Waals surface area contributed by atoms with Crippen molar-refractivity contribution < 1.29 is 4.79 Å². The van der Waals surface area contributed by atoms with Crippen LogP contribution in [0.25, 0.3) is 0 Å². The number of rotatable bonds is 1. The number of likely N-dealkylation sites (tertiary alicyclic amines) is 1. The lowest BCUT2D eigenvalue weighted by molar-refractivity contribution is 0.0703. The molecule has 2 atom stereocenters. The number of aromatic nitrogens is 1. The molecule has 18 heavy (non-hydrogen) atoms. The van der Waals surface area contributed by atoms with E-state index in [9.17, 15) is 4.79 Å². The summed E-state index contributed by atoms with van der Waals surface area (Å²) in [7, 11) is 0. The van der Waals surface area contributed by atoms with Gasteiger partial charge in [0.2, 0.25) is 0 Å². The van der Waals surface area contributed by atoms with Crippen LogP contribution in [0.3, 0.4) is 0 Å². The lowest BCUT2D eigenvalue weighted by atomic mass is 9.65. The van der Waals surface area contributed by atoms with Gasteiger partial charge >= 0.3 is 0 Å². The van der Waals surface area contributed by atoms with Crippen LogP contribution in [0.15, 0.2) is 10.9 Å². The molecule has 1 aromatic rings. The highest BCUT2D eigenvalue weighted by Gasteiger charge is 2.51. The number of carbonyl (C=O) groups excluding carboxylic acids is 1. The third-order valence-corrected chi connectivity index (χ3v) is 4.91. The molecule has 1 saturated carbocycles. The standard InChI is InChI=1S/C14H20N2OS/c1-13(2)4-10-5-14(3,7-13)8-16(10)12(17)11-6-18-9-15-11/h6,9-10H,4-5,7-8H2,1-3H3. The van der Waals surface area contributed by atoms with E-state index in [0.717, 1.165) is 19.4 Å². The molecular weight excluding hydrogens is 244 g/mol. The predicted octanol–water partition coefficient (Wildman–Crippen LogP) is 3.18. The number of hydrogen-bond donors (Lipinski definition) is 0. The first-order valence-corrected chi connectivity index (χ1v) is 7.52. The molecule has 98 valence electrons. The molecule has 1 saturated heterocycles. The van der Waals surface area contributed by atoms with Crippen LogP contribution in [-0.4, -0.2) is 28.4 Å². The van der Waals surface area contributed by atoms with Gasteiger partial charge in [0.1, 0.15) is 5.69 Å². The smallest absolute Gasteiger partial charge is 0.273 e. The third kappa shape index (κ3) is 1.96. The maximum absolute atomic E-state index is 12.5. The van der Waals surface area contributed by atoms with Gasteiger partial charge in [-0.3, -0.25) is 4.79 Å². The molecule has 0 spiro atoms. The Balaban J connectivity index is 1.86. The minimum atomic E-state index is 0.127. The lowest BCUT2D eigenvalue weighted by Gasteiger charge is -2.39. The van der Waals surface area contributed by atoms with Gasteiger partial charge in [0.05, 0.1) is 5.51 Å². The van der Waals surface area contributed by atoms with Crippen molar-refractivity contribution in [3.8, 4) is 0 Å². The van der Waals surface area contributed by atoms with Gasteiger partial charge in [-0.05, 0) is 30.1 Å². The Morgan fingerprint density at radius 2 is 2.22 bits per heavy atom. The molecule has 3 nitrogen and oxygen atoms in total. The largest absolute Gasteiger partial charge is 0.334 e. The first-order chi connectivity index (χ1) is 8.39. The Hall–Kier alpha value is -0.900. The zero-order chi connectivity index (χ0) is 13.0. The van der Waals surface area contributed by atoms with Crippen LogP contribution < -0.4 is 0 Å². The van der Waals surface area contributed by atoms with Gasteiger partial charge in [-0.2, -0.15) is 0 Å². The number of amides is 1. The molecule has 1 amide bonds. The van der Waals surface area contributed by atoms with Crippen LogP contribution in [0.1, 0.15) is 50.5 Å². The van der Waals surface area contributed by atoms with Crippen molar-refractivity contribution in [3.63, 3.8) is 0 Å². The average Bonchev–Trinajstić information content (AvgIpc) is 2.82. The van der Waals surface area contributed by atoms with Crippen LogP contribution in [0.2, 0.25) is 0 Å². The monoisotopic (exact) mass is 264 g/mol. The van der Waals surface area contributed by atoms with E-state index in [0.29, 0.717) is 22.6 Å². The van der Waals surface area contributed by atoms with Crippen molar-refractivity contribution in [1.82, 2.24) is 9.88 Å². The fourth-order valence-corrected chi connectivity index (χ4v) is 4.69. The van der Waals surface area contributed by atoms with Crippen LogP contribution in [0.4, 0.5) is 0 Å². The molecule has 2 unspecified atom stereocenters. The fourth-order valence-electron chi connectivity index (χ4n) is 4.16. The van der Waals surface area contributed by atoms with Gasteiger partial charge in [-0.25, -0.2) is 4.98 Å². The maximum Gasteiger partial charge on any atom is 0.273 e. The minimum absolute atomic E-state index is 0.127. The summed E-state index contributed by atoms with van der Waals surface area (Å²) in [6, 6.07) is 0.410. The molecule has 4 heteroatoms. The topological polar surface area (TPSA) is 33.2 Å². The predicted molar refractivity (Wildman–Crippen MR) is 72.7 cm³/mol. The Kier molecular flexibility index (Phi) is 2.56. The number of thiazole rings is 1. The van der Waals surface area contributed by atoms with Gasteiger partial charge in [0, 0.05) is 18.0 Å². The molecule has 0 radical (unpaired) electrons. The molecule has 2 bridgehead atoms. The molecular formula is C14H20N2OS. The Labute approximate surface area is 112 Å². The summed E-state index contributed by atoms with van der Waals surface area (Å²) in [4.78, 5) is 18.7. The second-order valence-electron chi connectivity index (χ2n) is 7.02. The van der Waals surface area contributed by atoms with E-state index in [4.69, 9.17) is 0 Å². The fraction of sp³-hybridized carbons (Fsp3) is 0.714. The normalized spacial score (nSPS) is 33.7. The summed E-state index contributed by atoms with van der Waals surface area (Å²) >= 11 is 1.49. The van der Waals surface area contributed by atoms with E-state index in [2.05, 4.69) is 30.7 Å². The third-order valence-electron chi connectivity index (χ3n) is 4.33. The summed E-state index contributed by atoms with van der Waals surface area (Å²) in [5, 5.41) is 1.86. The van der Waals surface area contributed by atoms with Crippen LogP contribution >= 0.6 is 11.3 Å². The number of nitrogens with zero attached hydrogens (tertiary/aromatic N) is 2. The van der Waals surface area contributed by atoms with Gasteiger partial charge < -0.3 is 4.90 Å². The highest BCUT2D eigenvalue weighted by atomic mass is 32.1. The second-order valence-corrected chi connectivity index (χ2v) is 7.74. The first kappa shape index (κ1) is 12.2. The summed E-state index contributed by atoms with van der Waals surface area (Å²) in [6.07, 6.45) is 3.50. The van der Waals surface area contributed by atoms with E-state index in [-0.39, 0.29) is 5.91 Å². The zero-order valence-corrected chi connectivity index (χ0v) is 12.1. The van der Waals surface area contributed by atoms with Crippen molar-refractivity contribution in [3.05, 3.63) is 16.6 Å². The molecule has 3 rings (SSSR count). The zero-order valence-electron chi connectivity index (χ0n) is 11.3. The lowest BCUT2D eigenvalue weighted by Crippen LogP contribution is -2.37. The van der Waals surface area contributed by atoms with Crippen LogP contribution in [0, 0.1) is 10.8 Å². The van der Waals surface area contributed by atoms with E-state index < -0.39 is 0 Å². The highest BCUT2D eigenvalue weighted by Crippen LogP contribution is 2.52. The number of hydrogen-bond acceptors (Lipinski definition) is 3. The molecule has 2 heterocycles. The Morgan fingerprint density at radius 3 is 2.89 bits per heavy atom. The van der Waals surface area contributed by atoms with Crippen LogP contribution in [-0.2, 0) is 0 Å². The molecule has 2 aliphatic rings. The number of carbonyl (C=O) groups is 1. The quantitative estimate of drug-likeness (QED) is 0.780. The summed E-state index contributed by atoms with van der Waals surface area (Å²) < 4.78 is 0. The maximum atomic E-state index is 12.5. The van der Waals surface area contributed by atoms with Crippen molar-refractivity contribution in [2.75, 3.05) is 6.54 Å². The molecule has 2 fully saturated rings. The van der Waals surface area contributed by atoms with Crippen LogP contribution in [0.5, 0.6) is 0 Å². The van der Waals surface area contributed by atoms with E-state index >= 15 is 0 Å². The average molecular weight is 264 g/mol. The van der Waals surface area contributed by atoms with Crippen molar-refractivity contribution in [1.29, 1.82) is 0 Å². The molecule has 1 aliphatic heterocycles. The van der Waals surface area contributed by atoms with Crippen molar-refractivity contribution in [2.24, 2.45) is 10.8 Å². The van der Waals surface area contributed by atoms with Gasteiger partial charge in [-0.1, -0.05) is 20.8 Å². The highest BCUT2D eigenvalue weighted by molar-refractivity contribution is 7.07. The minimum Gasteiger partial charge on any atom is -0.334 e. The molecule has 1 aromatic heterocycles. The molecule has 0 aromatic carbocycles. The summed E-state index contributed by atoms with van der Waals surface area (Å²) in [5.74, 6) is 0.127. The SMILES string of the molecule is CC1(C)CC2CC(C)(CN2C(=O)c2cscn2)C1. The van der Waals surface area contributed by atoms with Crippen molar-refractivity contribution in [2.45, 2.75) is 46.1 Å². The molecule has 0 N–H and O–H groups in total. The Bertz CT molecular complexity index is 468. The van der Waals surface area contributed by atoms with Gasteiger partial charge in [-0.15, -0.1) is 11.3 Å². The van der Waals surface area contributed by atoms with Gasteiger partial charge in [0.15, 0.2) is 0 Å². The first-order valence-electron chi connectivity index (χ1n) is 6.58. The van der Waals surface area contributed by atoms with E-state index in [1.807, 2.05) is 5.38 Å². The molecule has 1 aliphatic carbocycles. The second kappa shape index (κ2) is 3.80. The van der Waals surface area contributed by atoms with E-state index in [1.54, 1.807) is 5.51 Å². The van der Waals surface area contributed by atoms with Gasteiger partial charge in [0.25, 0.3) is 5.91 Å².